The lowest BCUT2D eigenvalue weighted by Gasteiger charge is -2.24. The molecule has 1 atom stereocenters. The van der Waals surface area contributed by atoms with Crippen molar-refractivity contribution >= 4 is 35.1 Å². The second-order valence-electron chi connectivity index (χ2n) is 4.40. The van der Waals surface area contributed by atoms with Crippen molar-refractivity contribution < 1.29 is 19.4 Å². The summed E-state index contributed by atoms with van der Waals surface area (Å²) in [5.41, 5.74) is -1.32. The number of benzene rings is 1. The molecule has 0 saturated carbocycles. The third-order valence-electron chi connectivity index (χ3n) is 2.85. The lowest BCUT2D eigenvalue weighted by molar-refractivity contribution is -0.147. The molecule has 0 spiro atoms. The molecule has 0 aliphatic heterocycles. The van der Waals surface area contributed by atoms with Crippen LogP contribution in [0.1, 0.15) is 20.3 Å². The molecule has 0 bridgehead atoms. The second kappa shape index (κ2) is 6.81. The number of hydrogen-bond donors (Lipinski definition) is 2. The van der Waals surface area contributed by atoms with Crippen molar-refractivity contribution in [3.05, 3.63) is 28.2 Å². The van der Waals surface area contributed by atoms with Gasteiger partial charge in [-0.25, -0.2) is 4.79 Å². The number of rotatable bonds is 6. The number of ether oxygens (including phenoxy) is 1. The molecule has 110 valence electrons. The maximum Gasteiger partial charge on any atom is 0.329 e. The van der Waals surface area contributed by atoms with Crippen LogP contribution in [-0.2, 0) is 9.59 Å². The first-order chi connectivity index (χ1) is 9.28. The summed E-state index contributed by atoms with van der Waals surface area (Å²) >= 11 is 11.6. The van der Waals surface area contributed by atoms with Crippen LogP contribution in [0.4, 0.5) is 0 Å². The summed E-state index contributed by atoms with van der Waals surface area (Å²) in [7, 11) is 0. The van der Waals surface area contributed by atoms with Crippen LogP contribution < -0.4 is 10.1 Å². The Morgan fingerprint density at radius 1 is 1.40 bits per heavy atom. The van der Waals surface area contributed by atoms with Gasteiger partial charge in [0.2, 0.25) is 0 Å². The summed E-state index contributed by atoms with van der Waals surface area (Å²) < 4.78 is 5.23. The van der Waals surface area contributed by atoms with E-state index in [1.165, 1.54) is 19.1 Å². The molecule has 5 nitrogen and oxygen atoms in total. The zero-order chi connectivity index (χ0) is 15.3. The molecule has 1 rings (SSSR count). The third kappa shape index (κ3) is 4.28. The summed E-state index contributed by atoms with van der Waals surface area (Å²) in [5.74, 6) is -1.33. The molecule has 2 N–H and O–H groups in total. The van der Waals surface area contributed by atoms with E-state index in [9.17, 15) is 9.59 Å². The number of amides is 1. The highest BCUT2D eigenvalue weighted by Gasteiger charge is 2.32. The molecule has 0 saturated heterocycles. The Bertz CT molecular complexity index is 521. The van der Waals surface area contributed by atoms with Crippen molar-refractivity contribution in [1.82, 2.24) is 5.32 Å². The number of carboxylic acid groups (broad SMARTS) is 1. The number of carbonyl (C=O) groups is 2. The van der Waals surface area contributed by atoms with E-state index in [1.807, 2.05) is 0 Å². The number of carbonyl (C=O) groups excluding carboxylic acids is 1. The molecule has 1 aromatic carbocycles. The zero-order valence-corrected chi connectivity index (χ0v) is 12.6. The van der Waals surface area contributed by atoms with Gasteiger partial charge < -0.3 is 15.2 Å². The molecule has 0 aliphatic rings. The molecule has 0 radical (unpaired) electrons. The van der Waals surface area contributed by atoms with Crippen LogP contribution in [0.2, 0.25) is 10.0 Å². The van der Waals surface area contributed by atoms with Crippen LogP contribution in [0.25, 0.3) is 0 Å². The molecular formula is C13H15Cl2NO4. The molecule has 1 aromatic rings. The van der Waals surface area contributed by atoms with Crippen molar-refractivity contribution in [3.8, 4) is 5.75 Å². The standard InChI is InChI=1S/C13H15Cl2NO4/c1-3-13(2,12(18)19)16-11(17)7-20-10-5-4-8(14)6-9(10)15/h4-6H,3,7H2,1-2H3,(H,16,17)(H,18,19). The van der Waals surface area contributed by atoms with E-state index in [0.717, 1.165) is 0 Å². The van der Waals surface area contributed by atoms with Crippen LogP contribution in [0.5, 0.6) is 5.75 Å². The highest BCUT2D eigenvalue weighted by Crippen LogP contribution is 2.27. The highest BCUT2D eigenvalue weighted by molar-refractivity contribution is 6.35. The number of nitrogens with one attached hydrogen (secondary N) is 1. The first kappa shape index (κ1) is 16.6. The largest absolute Gasteiger partial charge is 0.482 e. The third-order valence-corrected chi connectivity index (χ3v) is 3.38. The van der Waals surface area contributed by atoms with E-state index in [0.29, 0.717) is 10.8 Å². The highest BCUT2D eigenvalue weighted by atomic mass is 35.5. The van der Waals surface area contributed by atoms with Gasteiger partial charge in [0.15, 0.2) is 6.61 Å². The molecular weight excluding hydrogens is 305 g/mol. The van der Waals surface area contributed by atoms with Crippen LogP contribution in [0.15, 0.2) is 18.2 Å². The van der Waals surface area contributed by atoms with E-state index >= 15 is 0 Å². The smallest absolute Gasteiger partial charge is 0.329 e. The van der Waals surface area contributed by atoms with Gasteiger partial charge in [0.05, 0.1) is 5.02 Å². The Kier molecular flexibility index (Phi) is 5.65. The summed E-state index contributed by atoms with van der Waals surface area (Å²) in [4.78, 5) is 22.8. The Hall–Kier alpha value is -1.46. The zero-order valence-electron chi connectivity index (χ0n) is 11.1. The van der Waals surface area contributed by atoms with Crippen LogP contribution >= 0.6 is 23.2 Å². The SMILES string of the molecule is CCC(C)(NC(=O)COc1ccc(Cl)cc1Cl)C(=O)O. The average Bonchev–Trinajstić information content (AvgIpc) is 2.37. The van der Waals surface area contributed by atoms with E-state index < -0.39 is 17.4 Å². The maximum atomic E-state index is 11.7. The van der Waals surface area contributed by atoms with Gasteiger partial charge in [-0.1, -0.05) is 30.1 Å². The summed E-state index contributed by atoms with van der Waals surface area (Å²) in [5, 5.41) is 12.2. The summed E-state index contributed by atoms with van der Waals surface area (Å²) in [6, 6.07) is 4.60. The van der Waals surface area contributed by atoms with Gasteiger partial charge in [-0.3, -0.25) is 4.79 Å². The lowest BCUT2D eigenvalue weighted by atomic mass is 9.99. The Morgan fingerprint density at radius 3 is 2.55 bits per heavy atom. The minimum absolute atomic E-state index is 0.260. The van der Waals surface area contributed by atoms with E-state index in [2.05, 4.69) is 5.32 Å². The first-order valence-corrected chi connectivity index (χ1v) is 6.66. The number of halogens is 2. The van der Waals surface area contributed by atoms with Crippen LogP contribution in [-0.4, -0.2) is 29.1 Å². The topological polar surface area (TPSA) is 75.6 Å². The fourth-order valence-corrected chi connectivity index (χ4v) is 1.84. The molecule has 1 amide bonds. The van der Waals surface area contributed by atoms with Crippen LogP contribution in [0.3, 0.4) is 0 Å². The maximum absolute atomic E-state index is 11.7. The van der Waals surface area contributed by atoms with Crippen molar-refractivity contribution in [1.29, 1.82) is 0 Å². The minimum Gasteiger partial charge on any atom is -0.482 e. The molecule has 0 fully saturated rings. The van der Waals surface area contributed by atoms with Gasteiger partial charge >= 0.3 is 5.97 Å². The van der Waals surface area contributed by atoms with E-state index in [4.69, 9.17) is 33.0 Å². The first-order valence-electron chi connectivity index (χ1n) is 5.90. The number of aliphatic carboxylic acids is 1. The fourth-order valence-electron chi connectivity index (χ4n) is 1.37. The van der Waals surface area contributed by atoms with E-state index in [1.54, 1.807) is 13.0 Å². The van der Waals surface area contributed by atoms with Gasteiger partial charge in [0.1, 0.15) is 11.3 Å². The molecule has 7 heteroatoms. The van der Waals surface area contributed by atoms with Crippen molar-refractivity contribution in [2.75, 3.05) is 6.61 Å². The van der Waals surface area contributed by atoms with Crippen molar-refractivity contribution in [2.24, 2.45) is 0 Å². The van der Waals surface area contributed by atoms with Crippen molar-refractivity contribution in [3.63, 3.8) is 0 Å². The van der Waals surface area contributed by atoms with Gasteiger partial charge in [-0.15, -0.1) is 0 Å². The van der Waals surface area contributed by atoms with E-state index in [-0.39, 0.29) is 18.1 Å². The summed E-state index contributed by atoms with van der Waals surface area (Å²) in [6.45, 7) is 2.78. The molecule has 0 heterocycles. The number of hydrogen-bond acceptors (Lipinski definition) is 3. The number of carboxylic acids is 1. The van der Waals surface area contributed by atoms with Gasteiger partial charge in [-0.05, 0) is 31.5 Å². The average molecular weight is 320 g/mol. The minimum atomic E-state index is -1.32. The van der Waals surface area contributed by atoms with Crippen LogP contribution in [0, 0.1) is 0 Å². The predicted octanol–water partition coefficient (Wildman–Crippen LogP) is 2.74. The second-order valence-corrected chi connectivity index (χ2v) is 5.25. The molecule has 0 aliphatic carbocycles. The molecule has 20 heavy (non-hydrogen) atoms. The molecule has 1 unspecified atom stereocenters. The Balaban J connectivity index is 2.62. The van der Waals surface area contributed by atoms with Gasteiger partial charge in [0.25, 0.3) is 5.91 Å². The van der Waals surface area contributed by atoms with Gasteiger partial charge in [0, 0.05) is 5.02 Å². The quantitative estimate of drug-likeness (QED) is 0.845. The van der Waals surface area contributed by atoms with Gasteiger partial charge in [-0.2, -0.15) is 0 Å². The van der Waals surface area contributed by atoms with Crippen molar-refractivity contribution in [2.45, 2.75) is 25.8 Å². The Morgan fingerprint density at radius 2 is 2.05 bits per heavy atom. The molecule has 0 aromatic heterocycles. The predicted molar refractivity (Wildman–Crippen MR) is 76.4 cm³/mol. The normalized spacial score (nSPS) is 13.4. The lowest BCUT2D eigenvalue weighted by Crippen LogP contribution is -2.53. The fraction of sp³-hybridized carbons (Fsp3) is 0.385. The Labute approximate surface area is 126 Å². The monoisotopic (exact) mass is 319 g/mol. The summed E-state index contributed by atoms with van der Waals surface area (Å²) in [6.07, 6.45) is 0.260.